The Morgan fingerprint density at radius 2 is 2.46 bits per heavy atom. The minimum Gasteiger partial charge on any atom is -0.342 e. The fourth-order valence-electron chi connectivity index (χ4n) is 1.59. The molecule has 0 bridgehead atoms. The molecule has 1 aliphatic rings. The molecule has 76 valence electrons. The lowest BCUT2D eigenvalue weighted by atomic mass is 10.1. The van der Waals surface area contributed by atoms with E-state index < -0.39 is 0 Å². The van der Waals surface area contributed by atoms with E-state index in [-0.39, 0.29) is 0 Å². The van der Waals surface area contributed by atoms with E-state index in [4.69, 9.17) is 0 Å². The third kappa shape index (κ3) is 3.43. The second kappa shape index (κ2) is 5.81. The van der Waals surface area contributed by atoms with Crippen LogP contribution in [0.4, 0.5) is 0 Å². The number of thiol groups is 1. The lowest BCUT2D eigenvalue weighted by molar-refractivity contribution is -0.127. The molecule has 1 saturated heterocycles. The number of hydrogen-bond donors (Lipinski definition) is 1. The number of rotatable bonds is 5. The second-order valence-corrected chi connectivity index (χ2v) is 4.79. The standard InChI is InChI=1S/C9H17NOS2/c1-13-4-2-3-10-6-8(7-12)5-9(10)11/h8,12H,2-7H2,1H3. The molecule has 2 nitrogen and oxygen atoms in total. The van der Waals surface area contributed by atoms with Crippen molar-refractivity contribution < 1.29 is 4.79 Å². The summed E-state index contributed by atoms with van der Waals surface area (Å²) in [7, 11) is 0. The minimum absolute atomic E-state index is 0.320. The van der Waals surface area contributed by atoms with Gasteiger partial charge in [-0.2, -0.15) is 24.4 Å². The zero-order valence-corrected chi connectivity index (χ0v) is 9.74. The van der Waals surface area contributed by atoms with Crippen LogP contribution in [0, 0.1) is 5.92 Å². The number of hydrogen-bond acceptors (Lipinski definition) is 3. The molecule has 4 heteroatoms. The van der Waals surface area contributed by atoms with E-state index in [1.165, 1.54) is 0 Å². The monoisotopic (exact) mass is 219 g/mol. The molecule has 1 amide bonds. The summed E-state index contributed by atoms with van der Waals surface area (Å²) in [6.45, 7) is 1.86. The van der Waals surface area contributed by atoms with E-state index in [9.17, 15) is 4.79 Å². The first-order valence-corrected chi connectivity index (χ1v) is 6.68. The Morgan fingerprint density at radius 3 is 3.00 bits per heavy atom. The van der Waals surface area contributed by atoms with Crippen LogP contribution in [0.3, 0.4) is 0 Å². The van der Waals surface area contributed by atoms with Gasteiger partial charge in [0.05, 0.1) is 0 Å². The van der Waals surface area contributed by atoms with Gasteiger partial charge < -0.3 is 4.90 Å². The quantitative estimate of drug-likeness (QED) is 0.559. The maximum atomic E-state index is 11.4. The van der Waals surface area contributed by atoms with Gasteiger partial charge in [-0.25, -0.2) is 0 Å². The van der Waals surface area contributed by atoms with Crippen LogP contribution < -0.4 is 0 Å². The van der Waals surface area contributed by atoms with E-state index in [0.29, 0.717) is 18.2 Å². The van der Waals surface area contributed by atoms with Crippen LogP contribution >= 0.6 is 24.4 Å². The predicted molar refractivity (Wildman–Crippen MR) is 61.5 cm³/mol. The fraction of sp³-hybridized carbons (Fsp3) is 0.889. The molecule has 1 rings (SSSR count). The predicted octanol–water partition coefficient (Wildman–Crippen LogP) is 1.52. The molecule has 0 spiro atoms. The van der Waals surface area contributed by atoms with Gasteiger partial charge in [0, 0.05) is 19.5 Å². The molecule has 0 N–H and O–H groups in total. The molecule has 1 aliphatic heterocycles. The van der Waals surface area contributed by atoms with Crippen molar-refractivity contribution in [2.24, 2.45) is 5.92 Å². The highest BCUT2D eigenvalue weighted by Gasteiger charge is 2.27. The van der Waals surface area contributed by atoms with Crippen LogP contribution in [0.25, 0.3) is 0 Å². The Morgan fingerprint density at radius 1 is 1.69 bits per heavy atom. The molecule has 0 aromatic heterocycles. The summed E-state index contributed by atoms with van der Waals surface area (Å²) in [5.41, 5.74) is 0. The van der Waals surface area contributed by atoms with E-state index in [0.717, 1.165) is 31.0 Å². The highest BCUT2D eigenvalue weighted by Crippen LogP contribution is 2.18. The van der Waals surface area contributed by atoms with Crippen LogP contribution in [0.1, 0.15) is 12.8 Å². The van der Waals surface area contributed by atoms with Gasteiger partial charge in [-0.1, -0.05) is 0 Å². The summed E-state index contributed by atoms with van der Waals surface area (Å²) in [4.78, 5) is 13.4. The number of carbonyl (C=O) groups excluding carboxylic acids is 1. The molecule has 1 atom stereocenters. The summed E-state index contributed by atoms with van der Waals surface area (Å²) in [5.74, 6) is 2.80. The van der Waals surface area contributed by atoms with Crippen molar-refractivity contribution in [3.8, 4) is 0 Å². The third-order valence-corrected chi connectivity index (χ3v) is 3.54. The summed E-state index contributed by atoms with van der Waals surface area (Å²) in [6, 6.07) is 0. The van der Waals surface area contributed by atoms with Crippen molar-refractivity contribution >= 4 is 30.3 Å². The number of nitrogens with zero attached hydrogens (tertiary/aromatic N) is 1. The van der Waals surface area contributed by atoms with E-state index in [1.54, 1.807) is 0 Å². The fourth-order valence-corrected chi connectivity index (χ4v) is 2.25. The van der Waals surface area contributed by atoms with Gasteiger partial charge in [-0.15, -0.1) is 0 Å². The molecule has 0 radical (unpaired) electrons. The first-order chi connectivity index (χ1) is 6.27. The number of likely N-dealkylation sites (tertiary alicyclic amines) is 1. The van der Waals surface area contributed by atoms with E-state index in [1.807, 2.05) is 16.7 Å². The summed E-state index contributed by atoms with van der Waals surface area (Å²) < 4.78 is 0. The van der Waals surface area contributed by atoms with E-state index >= 15 is 0 Å². The topological polar surface area (TPSA) is 20.3 Å². The number of thioether (sulfide) groups is 1. The van der Waals surface area contributed by atoms with Crippen LogP contribution in [-0.4, -0.2) is 41.7 Å². The molecule has 13 heavy (non-hydrogen) atoms. The van der Waals surface area contributed by atoms with Crippen molar-refractivity contribution in [3.05, 3.63) is 0 Å². The average molecular weight is 219 g/mol. The minimum atomic E-state index is 0.320. The van der Waals surface area contributed by atoms with Gasteiger partial charge in [0.15, 0.2) is 0 Å². The Bertz CT molecular complexity index is 175. The zero-order valence-electron chi connectivity index (χ0n) is 8.03. The van der Waals surface area contributed by atoms with Crippen molar-refractivity contribution in [1.82, 2.24) is 4.90 Å². The van der Waals surface area contributed by atoms with Crippen molar-refractivity contribution in [2.75, 3.05) is 30.9 Å². The van der Waals surface area contributed by atoms with Crippen molar-refractivity contribution in [1.29, 1.82) is 0 Å². The van der Waals surface area contributed by atoms with Gasteiger partial charge in [0.1, 0.15) is 0 Å². The normalized spacial score (nSPS) is 22.8. The molecule has 1 unspecified atom stereocenters. The molecule has 0 aromatic carbocycles. The zero-order chi connectivity index (χ0) is 9.68. The molecular formula is C9H17NOS2. The van der Waals surface area contributed by atoms with Gasteiger partial charge in [-0.3, -0.25) is 4.79 Å². The SMILES string of the molecule is CSCCCN1CC(CS)CC1=O. The van der Waals surface area contributed by atoms with Crippen LogP contribution in [-0.2, 0) is 4.79 Å². The Labute approximate surface area is 89.9 Å². The first kappa shape index (κ1) is 11.2. The summed E-state index contributed by atoms with van der Waals surface area (Å²) in [5, 5.41) is 0. The lowest BCUT2D eigenvalue weighted by Gasteiger charge is -2.15. The van der Waals surface area contributed by atoms with Crippen molar-refractivity contribution in [2.45, 2.75) is 12.8 Å². The molecule has 1 heterocycles. The van der Waals surface area contributed by atoms with Gasteiger partial charge in [-0.05, 0) is 30.1 Å². The van der Waals surface area contributed by atoms with Crippen molar-refractivity contribution in [3.63, 3.8) is 0 Å². The molecule has 0 aliphatic carbocycles. The van der Waals surface area contributed by atoms with Gasteiger partial charge in [0.25, 0.3) is 0 Å². The third-order valence-electron chi connectivity index (χ3n) is 2.33. The number of carbonyl (C=O) groups is 1. The smallest absolute Gasteiger partial charge is 0.222 e. The molecule has 0 saturated carbocycles. The molecular weight excluding hydrogens is 202 g/mol. The lowest BCUT2D eigenvalue weighted by Crippen LogP contribution is -2.26. The van der Waals surface area contributed by atoms with Gasteiger partial charge >= 0.3 is 0 Å². The Balaban J connectivity index is 2.23. The largest absolute Gasteiger partial charge is 0.342 e. The average Bonchev–Trinajstić information content (AvgIpc) is 2.48. The van der Waals surface area contributed by atoms with Crippen LogP contribution in [0.15, 0.2) is 0 Å². The second-order valence-electron chi connectivity index (χ2n) is 3.44. The maximum absolute atomic E-state index is 11.4. The summed E-state index contributed by atoms with van der Waals surface area (Å²) in [6.07, 6.45) is 3.93. The van der Waals surface area contributed by atoms with Gasteiger partial charge in [0.2, 0.25) is 5.91 Å². The Kier molecular flexibility index (Phi) is 5.02. The summed E-state index contributed by atoms with van der Waals surface area (Å²) >= 11 is 6.06. The van der Waals surface area contributed by atoms with Crippen LogP contribution in [0.2, 0.25) is 0 Å². The first-order valence-electron chi connectivity index (χ1n) is 4.65. The van der Waals surface area contributed by atoms with E-state index in [2.05, 4.69) is 18.9 Å². The molecule has 0 aromatic rings. The van der Waals surface area contributed by atoms with Crippen LogP contribution in [0.5, 0.6) is 0 Å². The highest BCUT2D eigenvalue weighted by molar-refractivity contribution is 7.98. The number of amides is 1. The maximum Gasteiger partial charge on any atom is 0.222 e. The Hall–Kier alpha value is 0.170. The highest BCUT2D eigenvalue weighted by atomic mass is 32.2. The molecule has 1 fully saturated rings.